The molecular formula is C24H19ClN4O2S. The molecule has 2 aromatic heterocycles. The van der Waals surface area contributed by atoms with Crippen LogP contribution in [0.4, 0.5) is 5.69 Å². The molecule has 0 aliphatic carbocycles. The number of hydrogen-bond donors (Lipinski definition) is 2. The van der Waals surface area contributed by atoms with E-state index in [1.165, 1.54) is 11.3 Å². The van der Waals surface area contributed by atoms with Gasteiger partial charge in [-0.25, -0.2) is 0 Å². The predicted octanol–water partition coefficient (Wildman–Crippen LogP) is 4.46. The van der Waals surface area contributed by atoms with Crippen molar-refractivity contribution in [1.82, 2.24) is 15.1 Å². The summed E-state index contributed by atoms with van der Waals surface area (Å²) in [5.74, 6) is 1.87. The molecule has 2 heterocycles. The van der Waals surface area contributed by atoms with E-state index >= 15 is 0 Å². The van der Waals surface area contributed by atoms with Crippen molar-refractivity contribution >= 4 is 50.7 Å². The number of nitrogens with zero attached hydrogens (tertiary/aromatic N) is 2. The van der Waals surface area contributed by atoms with E-state index in [-0.39, 0.29) is 18.4 Å². The van der Waals surface area contributed by atoms with Gasteiger partial charge in [0.1, 0.15) is 4.83 Å². The number of thiophene rings is 1. The zero-order valence-electron chi connectivity index (χ0n) is 17.2. The molecular weight excluding hydrogens is 444 g/mol. The molecule has 4 aromatic rings. The molecule has 0 aliphatic rings. The Labute approximate surface area is 194 Å². The van der Waals surface area contributed by atoms with Gasteiger partial charge in [-0.05, 0) is 48.9 Å². The number of carbonyl (C=O) groups excluding carboxylic acids is 2. The van der Waals surface area contributed by atoms with Crippen LogP contribution in [0.1, 0.15) is 26.5 Å². The second kappa shape index (κ2) is 9.27. The normalized spacial score (nSPS) is 10.7. The summed E-state index contributed by atoms with van der Waals surface area (Å²) in [4.78, 5) is 26.3. The van der Waals surface area contributed by atoms with E-state index in [1.807, 2.05) is 41.9 Å². The van der Waals surface area contributed by atoms with E-state index in [1.54, 1.807) is 24.3 Å². The number of hydrogen-bond acceptors (Lipinski definition) is 4. The van der Waals surface area contributed by atoms with Crippen molar-refractivity contribution in [3.05, 3.63) is 81.3 Å². The van der Waals surface area contributed by atoms with Gasteiger partial charge in [-0.1, -0.05) is 35.7 Å². The van der Waals surface area contributed by atoms with Crippen molar-refractivity contribution in [2.24, 2.45) is 0 Å². The lowest BCUT2D eigenvalue weighted by Gasteiger charge is -2.07. The monoisotopic (exact) mass is 462 g/mol. The van der Waals surface area contributed by atoms with Gasteiger partial charge in [0.15, 0.2) is 0 Å². The van der Waals surface area contributed by atoms with Crippen LogP contribution in [-0.2, 0) is 11.3 Å². The average molecular weight is 463 g/mol. The lowest BCUT2D eigenvalue weighted by atomic mass is 10.2. The Morgan fingerprint density at radius 1 is 1.19 bits per heavy atom. The number of fused-ring (bicyclic) bond motifs is 1. The van der Waals surface area contributed by atoms with Crippen molar-refractivity contribution in [3.63, 3.8) is 0 Å². The van der Waals surface area contributed by atoms with Gasteiger partial charge in [-0.3, -0.25) is 14.3 Å². The molecule has 0 spiro atoms. The Hall–Kier alpha value is -3.60. The van der Waals surface area contributed by atoms with Gasteiger partial charge in [-0.2, -0.15) is 5.10 Å². The first-order chi connectivity index (χ1) is 15.4. The third-order valence-corrected chi connectivity index (χ3v) is 6.20. The van der Waals surface area contributed by atoms with Gasteiger partial charge >= 0.3 is 0 Å². The van der Waals surface area contributed by atoms with Gasteiger partial charge in [0, 0.05) is 21.7 Å². The van der Waals surface area contributed by atoms with Crippen LogP contribution < -0.4 is 10.6 Å². The minimum Gasteiger partial charge on any atom is -0.342 e. The fourth-order valence-electron chi connectivity index (χ4n) is 3.23. The quantitative estimate of drug-likeness (QED) is 0.415. The topological polar surface area (TPSA) is 76.0 Å². The summed E-state index contributed by atoms with van der Waals surface area (Å²) >= 11 is 7.31. The van der Waals surface area contributed by atoms with E-state index < -0.39 is 0 Å². The molecule has 0 saturated heterocycles. The van der Waals surface area contributed by atoms with Crippen molar-refractivity contribution < 1.29 is 9.59 Å². The molecule has 160 valence electrons. The summed E-state index contributed by atoms with van der Waals surface area (Å²) < 4.78 is 1.88. The highest BCUT2D eigenvalue weighted by atomic mass is 35.5. The van der Waals surface area contributed by atoms with Crippen LogP contribution >= 0.6 is 22.9 Å². The molecule has 0 aliphatic heterocycles. The Kier molecular flexibility index (Phi) is 6.26. The SMILES string of the molecule is C#Cc1cccc(NC(=O)CNC(=O)c2cc3c(C)nn(Cc4ccc(Cl)cc4)c3s2)c1. The zero-order valence-corrected chi connectivity index (χ0v) is 18.8. The van der Waals surface area contributed by atoms with Gasteiger partial charge in [0.2, 0.25) is 5.91 Å². The number of halogens is 1. The first kappa shape index (κ1) is 21.6. The van der Waals surface area contributed by atoms with Crippen LogP contribution in [0.2, 0.25) is 5.02 Å². The molecule has 4 rings (SSSR count). The molecule has 6 nitrogen and oxygen atoms in total. The molecule has 0 radical (unpaired) electrons. The largest absolute Gasteiger partial charge is 0.342 e. The standard InChI is InChI=1S/C24H19ClN4O2S/c1-3-16-5-4-6-19(11-16)27-22(30)13-26-23(31)21-12-20-15(2)28-29(24(20)32-21)14-17-7-9-18(25)10-8-17/h1,4-12H,13-14H2,2H3,(H,26,31)(H,27,30). The first-order valence-corrected chi connectivity index (χ1v) is 11.0. The van der Waals surface area contributed by atoms with Gasteiger partial charge < -0.3 is 10.6 Å². The number of rotatable bonds is 6. The van der Waals surface area contributed by atoms with E-state index in [0.29, 0.717) is 27.7 Å². The summed E-state index contributed by atoms with van der Waals surface area (Å²) in [6.45, 7) is 2.33. The lowest BCUT2D eigenvalue weighted by Crippen LogP contribution is -2.32. The maximum atomic E-state index is 12.6. The molecule has 0 atom stereocenters. The summed E-state index contributed by atoms with van der Waals surface area (Å²) in [6, 6.07) is 16.4. The van der Waals surface area contributed by atoms with Crippen molar-refractivity contribution in [1.29, 1.82) is 0 Å². The van der Waals surface area contributed by atoms with Crippen LogP contribution in [0, 0.1) is 19.3 Å². The molecule has 2 amide bonds. The maximum absolute atomic E-state index is 12.6. The summed E-state index contributed by atoms with van der Waals surface area (Å²) in [5, 5.41) is 11.6. The fourth-order valence-corrected chi connectivity index (χ4v) is 4.44. The lowest BCUT2D eigenvalue weighted by molar-refractivity contribution is -0.115. The smallest absolute Gasteiger partial charge is 0.261 e. The summed E-state index contributed by atoms with van der Waals surface area (Å²) in [5.41, 5.74) is 3.15. The molecule has 0 bridgehead atoms. The fraction of sp³-hybridized carbons (Fsp3) is 0.125. The van der Waals surface area contributed by atoms with Gasteiger partial charge in [0.25, 0.3) is 5.91 Å². The summed E-state index contributed by atoms with van der Waals surface area (Å²) in [6.07, 6.45) is 5.38. The van der Waals surface area contributed by atoms with Crippen LogP contribution in [-0.4, -0.2) is 28.1 Å². The molecule has 0 unspecified atom stereocenters. The molecule has 8 heteroatoms. The number of carbonyl (C=O) groups is 2. The van der Waals surface area contributed by atoms with Crippen LogP contribution in [0.25, 0.3) is 10.2 Å². The third-order valence-electron chi connectivity index (χ3n) is 4.80. The molecule has 0 fully saturated rings. The van der Waals surface area contributed by atoms with E-state index in [2.05, 4.69) is 21.7 Å². The van der Waals surface area contributed by atoms with Gasteiger partial charge in [-0.15, -0.1) is 17.8 Å². The number of terminal acetylenes is 1. The van der Waals surface area contributed by atoms with E-state index in [0.717, 1.165) is 21.5 Å². The maximum Gasteiger partial charge on any atom is 0.261 e. The second-order valence-electron chi connectivity index (χ2n) is 7.15. The third kappa shape index (κ3) is 4.83. The molecule has 32 heavy (non-hydrogen) atoms. The van der Waals surface area contributed by atoms with E-state index in [9.17, 15) is 9.59 Å². The van der Waals surface area contributed by atoms with Gasteiger partial charge in [0.05, 0.1) is 23.7 Å². The second-order valence-corrected chi connectivity index (χ2v) is 8.62. The molecule has 0 saturated carbocycles. The molecule has 2 N–H and O–H groups in total. The Morgan fingerprint density at radius 2 is 1.97 bits per heavy atom. The Balaban J connectivity index is 1.43. The minimum atomic E-state index is -0.335. The Morgan fingerprint density at radius 3 is 2.72 bits per heavy atom. The minimum absolute atomic E-state index is 0.150. The molecule has 2 aromatic carbocycles. The highest BCUT2D eigenvalue weighted by Crippen LogP contribution is 2.29. The first-order valence-electron chi connectivity index (χ1n) is 9.79. The van der Waals surface area contributed by atoms with Crippen LogP contribution in [0.15, 0.2) is 54.6 Å². The van der Waals surface area contributed by atoms with Crippen molar-refractivity contribution in [3.8, 4) is 12.3 Å². The summed E-state index contributed by atoms with van der Waals surface area (Å²) in [7, 11) is 0. The van der Waals surface area contributed by atoms with Crippen molar-refractivity contribution in [2.75, 3.05) is 11.9 Å². The highest BCUT2D eigenvalue weighted by Gasteiger charge is 2.17. The number of anilines is 1. The number of nitrogens with one attached hydrogen (secondary N) is 2. The Bertz CT molecular complexity index is 1350. The highest BCUT2D eigenvalue weighted by molar-refractivity contribution is 7.20. The number of amides is 2. The zero-order chi connectivity index (χ0) is 22.7. The number of aromatic nitrogens is 2. The van der Waals surface area contributed by atoms with Crippen molar-refractivity contribution in [2.45, 2.75) is 13.5 Å². The van der Waals surface area contributed by atoms with Crippen LogP contribution in [0.5, 0.6) is 0 Å². The average Bonchev–Trinajstić information content (AvgIpc) is 3.35. The number of benzene rings is 2. The van der Waals surface area contributed by atoms with E-state index in [4.69, 9.17) is 18.0 Å². The predicted molar refractivity (Wildman–Crippen MR) is 128 cm³/mol. The number of aryl methyl sites for hydroxylation is 1. The van der Waals surface area contributed by atoms with Crippen LogP contribution in [0.3, 0.4) is 0 Å².